The lowest BCUT2D eigenvalue weighted by Crippen LogP contribution is -2.57. The van der Waals surface area contributed by atoms with Gasteiger partial charge in [-0.3, -0.25) is 33.9 Å². The molecule has 2 unspecified atom stereocenters. The predicted molar refractivity (Wildman–Crippen MR) is 308 cm³/mol. The van der Waals surface area contributed by atoms with Gasteiger partial charge >= 0.3 is 0 Å². The van der Waals surface area contributed by atoms with Gasteiger partial charge in [-0.1, -0.05) is 63.2 Å². The number of hydrogen-bond acceptors (Lipinski definition) is 15. The Hall–Kier alpha value is -6.94. The van der Waals surface area contributed by atoms with Gasteiger partial charge in [0.15, 0.2) is 5.13 Å². The van der Waals surface area contributed by atoms with Crippen LogP contribution >= 0.6 is 22.7 Å². The standard InChI is InChI=1S/C59H72N10O8S2/c1-40-10-19-47(34-48(40)64-58-65-49(38-78-58)46-8-6-22-60-36-46)63-55(72)45-17-13-43(14-18-45)37-67-24-26-68(27-25-67)52(71)21-29-76-31-33-77-32-30-75-28-20-51(70)66-54(59(3,4)5)57(74)69-23-7-9-50(69)56(73)61-35-42-11-15-44(16-12-42)53-41(2)62-39-79-53/h6,8,10-19,22,34,36,38-39,50,54H,7,9,20-21,23-33,35,37H2,1-5H3,(H,61,73)(H,63,72)(H,64,65)(H,66,70). The van der Waals surface area contributed by atoms with Crippen LogP contribution in [0.15, 0.2) is 102 Å². The number of hydrogen-bond donors (Lipinski definition) is 4. The number of carbonyl (C=O) groups excluding carboxylic acids is 5. The van der Waals surface area contributed by atoms with E-state index in [1.807, 2.05) is 129 Å². The highest BCUT2D eigenvalue weighted by molar-refractivity contribution is 7.14. The Morgan fingerprint density at radius 1 is 0.785 bits per heavy atom. The highest BCUT2D eigenvalue weighted by Gasteiger charge is 2.42. The lowest BCUT2D eigenvalue weighted by atomic mass is 9.85. The molecule has 2 fully saturated rings. The number of piperazine rings is 1. The predicted octanol–water partition coefficient (Wildman–Crippen LogP) is 8.25. The Kier molecular flexibility index (Phi) is 20.8. The Bertz CT molecular complexity index is 2980. The molecule has 3 aromatic carbocycles. The summed E-state index contributed by atoms with van der Waals surface area (Å²) in [4.78, 5) is 86.8. The second kappa shape index (κ2) is 28.3. The van der Waals surface area contributed by atoms with Crippen molar-refractivity contribution in [3.63, 3.8) is 0 Å². The SMILES string of the molecule is Cc1ccc(NC(=O)c2ccc(CN3CCN(C(=O)CCOCCOCCOCCC(=O)NC(C(=O)N4CCCC4C(=O)NCc4ccc(-c5scnc5C)cc4)C(C)(C)C)CC3)cc2)cc1Nc1nc(-c2cccnc2)cs1. The van der Waals surface area contributed by atoms with Gasteiger partial charge in [0.05, 0.1) is 67.8 Å². The molecule has 0 radical (unpaired) electrons. The van der Waals surface area contributed by atoms with Crippen molar-refractivity contribution in [2.75, 3.05) is 83.0 Å². The number of amides is 5. The van der Waals surface area contributed by atoms with Gasteiger partial charge in [-0.2, -0.15) is 0 Å². The molecule has 2 saturated heterocycles. The number of aromatic nitrogens is 3. The minimum Gasteiger partial charge on any atom is -0.379 e. The van der Waals surface area contributed by atoms with E-state index in [0.29, 0.717) is 76.7 Å². The van der Waals surface area contributed by atoms with Crippen LogP contribution in [0.5, 0.6) is 0 Å². The van der Waals surface area contributed by atoms with Crippen LogP contribution in [0.1, 0.15) is 79.2 Å². The number of likely N-dealkylation sites (tertiary alicyclic amines) is 1. The van der Waals surface area contributed by atoms with Crippen molar-refractivity contribution in [1.29, 1.82) is 0 Å². The van der Waals surface area contributed by atoms with Gasteiger partial charge in [0, 0.05) is 92.5 Å². The maximum atomic E-state index is 14.0. The Morgan fingerprint density at radius 2 is 1.49 bits per heavy atom. The summed E-state index contributed by atoms with van der Waals surface area (Å²) in [6.45, 7) is 15.7. The summed E-state index contributed by atoms with van der Waals surface area (Å²) in [5, 5.41) is 15.1. The lowest BCUT2D eigenvalue weighted by Gasteiger charge is -2.35. The van der Waals surface area contributed by atoms with E-state index in [1.54, 1.807) is 28.6 Å². The van der Waals surface area contributed by atoms with Crippen LogP contribution in [-0.2, 0) is 46.5 Å². The van der Waals surface area contributed by atoms with E-state index in [1.165, 1.54) is 11.3 Å². The molecular formula is C59H72N10O8S2. The van der Waals surface area contributed by atoms with Gasteiger partial charge in [-0.05, 0) is 90.8 Å². The summed E-state index contributed by atoms with van der Waals surface area (Å²) < 4.78 is 17.0. The van der Waals surface area contributed by atoms with E-state index in [-0.39, 0.29) is 55.6 Å². The summed E-state index contributed by atoms with van der Waals surface area (Å²) in [5.74, 6) is -0.926. The first-order valence-corrected chi connectivity index (χ1v) is 28.7. The van der Waals surface area contributed by atoms with Crippen molar-refractivity contribution < 1.29 is 38.2 Å². The number of anilines is 3. The van der Waals surface area contributed by atoms with Crippen LogP contribution in [0.3, 0.4) is 0 Å². The molecule has 0 bridgehead atoms. The van der Waals surface area contributed by atoms with E-state index < -0.39 is 17.5 Å². The lowest BCUT2D eigenvalue weighted by molar-refractivity contribution is -0.144. The molecule has 6 aromatic rings. The monoisotopic (exact) mass is 1110 g/mol. The zero-order valence-corrected chi connectivity index (χ0v) is 47.4. The Balaban J connectivity index is 0.646. The summed E-state index contributed by atoms with van der Waals surface area (Å²) in [6.07, 6.45) is 5.13. The molecule has 0 aliphatic carbocycles. The van der Waals surface area contributed by atoms with E-state index in [4.69, 9.17) is 19.2 Å². The number of carbonyl (C=O) groups is 5. The average Bonchev–Trinajstić information content (AvgIpc) is 4.28. The summed E-state index contributed by atoms with van der Waals surface area (Å²) in [6, 6.07) is 23.9. The summed E-state index contributed by atoms with van der Waals surface area (Å²) in [7, 11) is 0. The Morgan fingerprint density at radius 3 is 2.18 bits per heavy atom. The number of aryl methyl sites for hydroxylation is 2. The molecule has 79 heavy (non-hydrogen) atoms. The number of pyridine rings is 1. The highest BCUT2D eigenvalue weighted by Crippen LogP contribution is 2.31. The first-order valence-electron chi connectivity index (χ1n) is 26.9. The molecule has 0 saturated carbocycles. The largest absolute Gasteiger partial charge is 0.379 e. The van der Waals surface area contributed by atoms with Crippen LogP contribution in [0.2, 0.25) is 0 Å². The first-order chi connectivity index (χ1) is 38.2. The third kappa shape index (κ3) is 16.8. The van der Waals surface area contributed by atoms with Crippen LogP contribution in [0.25, 0.3) is 21.7 Å². The highest BCUT2D eigenvalue weighted by atomic mass is 32.1. The summed E-state index contributed by atoms with van der Waals surface area (Å²) in [5.41, 5.74) is 10.3. The van der Waals surface area contributed by atoms with E-state index >= 15 is 0 Å². The molecule has 5 heterocycles. The van der Waals surface area contributed by atoms with Crippen molar-refractivity contribution in [2.24, 2.45) is 5.41 Å². The van der Waals surface area contributed by atoms with E-state index in [0.717, 1.165) is 74.5 Å². The van der Waals surface area contributed by atoms with Gasteiger partial charge in [-0.15, -0.1) is 22.7 Å². The van der Waals surface area contributed by atoms with Gasteiger partial charge in [-0.25, -0.2) is 9.97 Å². The van der Waals surface area contributed by atoms with Crippen LogP contribution in [0.4, 0.5) is 16.5 Å². The van der Waals surface area contributed by atoms with Crippen molar-refractivity contribution in [3.05, 3.63) is 130 Å². The fourth-order valence-corrected chi connectivity index (χ4v) is 10.9. The first kappa shape index (κ1) is 58.2. The molecule has 2 aliphatic heterocycles. The van der Waals surface area contributed by atoms with Crippen LogP contribution < -0.4 is 21.3 Å². The van der Waals surface area contributed by atoms with Crippen molar-refractivity contribution in [3.8, 4) is 21.7 Å². The quantitative estimate of drug-likeness (QED) is 0.0399. The Labute approximate surface area is 470 Å². The number of rotatable bonds is 25. The number of nitrogens with one attached hydrogen (secondary N) is 4. The number of ether oxygens (including phenoxy) is 3. The molecule has 4 N–H and O–H groups in total. The molecule has 2 atom stereocenters. The van der Waals surface area contributed by atoms with Crippen LogP contribution in [-0.4, -0.2) is 144 Å². The zero-order valence-electron chi connectivity index (χ0n) is 45.8. The zero-order chi connectivity index (χ0) is 55.7. The molecule has 0 spiro atoms. The second-order valence-corrected chi connectivity index (χ2v) is 22.5. The van der Waals surface area contributed by atoms with E-state index in [2.05, 4.69) is 36.1 Å². The number of benzene rings is 3. The molecule has 418 valence electrons. The van der Waals surface area contributed by atoms with Crippen molar-refractivity contribution in [1.82, 2.24) is 40.3 Å². The fraction of sp³-hybridized carbons (Fsp3) is 0.424. The third-order valence-corrected chi connectivity index (χ3v) is 15.6. The third-order valence-electron chi connectivity index (χ3n) is 13.9. The normalized spacial score (nSPS) is 15.2. The molecule has 3 aromatic heterocycles. The molecule has 8 rings (SSSR count). The fourth-order valence-electron chi connectivity index (χ4n) is 9.34. The topological polar surface area (TPSA) is 210 Å². The molecule has 2 aliphatic rings. The van der Waals surface area contributed by atoms with Gasteiger partial charge in [0.25, 0.3) is 5.91 Å². The van der Waals surface area contributed by atoms with Gasteiger partial charge in [0.1, 0.15) is 12.1 Å². The molecule has 18 nitrogen and oxygen atoms in total. The molecule has 5 amide bonds. The van der Waals surface area contributed by atoms with Gasteiger partial charge in [0.2, 0.25) is 23.6 Å². The maximum Gasteiger partial charge on any atom is 0.255 e. The molecule has 20 heteroatoms. The van der Waals surface area contributed by atoms with E-state index in [9.17, 15) is 24.0 Å². The van der Waals surface area contributed by atoms with Crippen LogP contribution in [0, 0.1) is 19.3 Å². The van der Waals surface area contributed by atoms with Crippen molar-refractivity contribution in [2.45, 2.75) is 85.5 Å². The van der Waals surface area contributed by atoms with Crippen molar-refractivity contribution >= 4 is 68.7 Å². The minimum absolute atomic E-state index is 0.0564. The number of thiazole rings is 2. The summed E-state index contributed by atoms with van der Waals surface area (Å²) >= 11 is 3.10. The van der Waals surface area contributed by atoms with Gasteiger partial charge < -0.3 is 45.3 Å². The molecular weight excluding hydrogens is 1040 g/mol. The average molecular weight is 1110 g/mol. The second-order valence-electron chi connectivity index (χ2n) is 20.8. The number of nitrogens with zero attached hydrogens (tertiary/aromatic N) is 6. The minimum atomic E-state index is -0.819. The maximum absolute atomic E-state index is 14.0. The smallest absolute Gasteiger partial charge is 0.255 e.